The lowest BCUT2D eigenvalue weighted by atomic mass is 10.1. The van der Waals surface area contributed by atoms with Crippen molar-refractivity contribution >= 4 is 40.3 Å². The molecular formula is C31H33N5O4. The number of nitrogens with zero attached hydrogens (tertiary/aromatic N) is 2. The van der Waals surface area contributed by atoms with E-state index in [1.807, 2.05) is 79.7 Å². The molecule has 0 spiro atoms. The molecule has 1 aromatic heterocycles. The van der Waals surface area contributed by atoms with E-state index >= 15 is 0 Å². The minimum absolute atomic E-state index is 0.174. The number of piperidine rings is 1. The highest BCUT2D eigenvalue weighted by atomic mass is 16.7. The first-order chi connectivity index (χ1) is 19.5. The van der Waals surface area contributed by atoms with Crippen molar-refractivity contribution in [3.8, 4) is 0 Å². The van der Waals surface area contributed by atoms with Gasteiger partial charge in [0.1, 0.15) is 12.3 Å². The van der Waals surface area contributed by atoms with Crippen molar-refractivity contribution in [1.82, 2.24) is 4.73 Å². The van der Waals surface area contributed by atoms with Crippen LogP contribution in [0.25, 0.3) is 0 Å². The normalized spacial score (nSPS) is 13.5. The summed E-state index contributed by atoms with van der Waals surface area (Å²) in [5.41, 5.74) is 5.15. The van der Waals surface area contributed by atoms with Crippen LogP contribution in [0.2, 0.25) is 0 Å². The van der Waals surface area contributed by atoms with Crippen LogP contribution in [-0.2, 0) is 0 Å². The number of aliphatic hydroxyl groups is 1. The molecule has 3 aromatic carbocycles. The third-order valence-corrected chi connectivity index (χ3v) is 6.75. The van der Waals surface area contributed by atoms with Gasteiger partial charge in [0, 0.05) is 53.3 Å². The fourth-order valence-electron chi connectivity index (χ4n) is 4.58. The van der Waals surface area contributed by atoms with E-state index in [0.29, 0.717) is 29.2 Å². The van der Waals surface area contributed by atoms with Crippen molar-refractivity contribution in [2.24, 2.45) is 0 Å². The molecule has 40 heavy (non-hydrogen) atoms. The average molecular weight is 540 g/mol. The molecule has 4 N–H and O–H groups in total. The Labute approximate surface area is 233 Å². The topological polar surface area (TPSA) is 108 Å². The van der Waals surface area contributed by atoms with E-state index in [0.717, 1.165) is 43.0 Å². The summed E-state index contributed by atoms with van der Waals surface area (Å²) in [6.07, 6.45) is 3.01. The predicted molar refractivity (Wildman–Crippen MR) is 158 cm³/mol. The first-order valence-corrected chi connectivity index (χ1v) is 13.4. The second-order valence-electron chi connectivity index (χ2n) is 9.59. The van der Waals surface area contributed by atoms with E-state index in [1.165, 1.54) is 4.73 Å². The van der Waals surface area contributed by atoms with Gasteiger partial charge in [-0.2, -0.15) is 4.73 Å². The van der Waals surface area contributed by atoms with Gasteiger partial charge in [-0.3, -0.25) is 9.59 Å². The van der Waals surface area contributed by atoms with Crippen LogP contribution in [0.15, 0.2) is 91.1 Å². The van der Waals surface area contributed by atoms with Crippen molar-refractivity contribution in [1.29, 1.82) is 0 Å². The molecule has 1 fully saturated rings. The quantitative estimate of drug-likeness (QED) is 0.234. The molecule has 0 radical (unpaired) electrons. The summed E-state index contributed by atoms with van der Waals surface area (Å²) in [5, 5.41) is 18.8. The first kappa shape index (κ1) is 26.8. The number of nitrogens with one attached hydrogen (secondary N) is 3. The van der Waals surface area contributed by atoms with Crippen LogP contribution in [0.3, 0.4) is 0 Å². The highest BCUT2D eigenvalue weighted by Crippen LogP contribution is 2.23. The minimum Gasteiger partial charge on any atom is -0.414 e. The molecule has 1 aliphatic heterocycles. The van der Waals surface area contributed by atoms with Gasteiger partial charge in [0.05, 0.1) is 6.10 Å². The Balaban J connectivity index is 1.12. The zero-order chi connectivity index (χ0) is 27.9. The molecule has 9 heteroatoms. The minimum atomic E-state index is -0.254. The van der Waals surface area contributed by atoms with Crippen LogP contribution in [0.4, 0.5) is 28.4 Å². The molecular weight excluding hydrogens is 506 g/mol. The maximum Gasteiger partial charge on any atom is 0.275 e. The third kappa shape index (κ3) is 6.62. The summed E-state index contributed by atoms with van der Waals surface area (Å²) in [5.74, 6) is -0.428. The van der Waals surface area contributed by atoms with Crippen molar-refractivity contribution in [3.05, 3.63) is 102 Å². The van der Waals surface area contributed by atoms with E-state index in [2.05, 4.69) is 20.9 Å². The van der Waals surface area contributed by atoms with Crippen LogP contribution in [-0.4, -0.2) is 47.5 Å². The summed E-state index contributed by atoms with van der Waals surface area (Å²) < 4.78 is 1.46. The number of carbonyl (C=O) groups excluding carboxylic acids is 2. The van der Waals surface area contributed by atoms with Crippen molar-refractivity contribution in [2.75, 3.05) is 40.5 Å². The second kappa shape index (κ2) is 12.4. The van der Waals surface area contributed by atoms with E-state index in [9.17, 15) is 14.7 Å². The highest BCUT2D eigenvalue weighted by Gasteiger charge is 2.17. The lowest BCUT2D eigenvalue weighted by Gasteiger charge is -2.31. The Morgan fingerprint density at radius 1 is 0.800 bits per heavy atom. The maximum absolute atomic E-state index is 12.7. The molecule has 0 saturated carbocycles. The van der Waals surface area contributed by atoms with Crippen LogP contribution < -0.4 is 25.7 Å². The number of benzene rings is 3. The summed E-state index contributed by atoms with van der Waals surface area (Å²) in [6, 6.07) is 25.9. The molecule has 0 bridgehead atoms. The number of hydrogen-bond donors (Lipinski definition) is 4. The van der Waals surface area contributed by atoms with E-state index < -0.39 is 0 Å². The molecule has 5 rings (SSSR count). The fourth-order valence-corrected chi connectivity index (χ4v) is 4.58. The Hall–Kier alpha value is -4.76. The van der Waals surface area contributed by atoms with Gasteiger partial charge in [0.25, 0.3) is 11.8 Å². The SMILES string of the molecule is CCOn1cccc1C(=O)Nc1ccc(Nc2ccc(NC(=O)c3ccc(N4CCC(O)CC4)cc3)cc2)cc1. The summed E-state index contributed by atoms with van der Waals surface area (Å²) in [4.78, 5) is 33.0. The molecule has 2 heterocycles. The lowest BCUT2D eigenvalue weighted by molar-refractivity contribution is 0.0904. The Morgan fingerprint density at radius 2 is 1.35 bits per heavy atom. The Bertz CT molecular complexity index is 1420. The number of carbonyl (C=O) groups is 2. The van der Waals surface area contributed by atoms with Crippen molar-refractivity contribution < 1.29 is 19.5 Å². The van der Waals surface area contributed by atoms with Gasteiger partial charge in [0.2, 0.25) is 0 Å². The standard InChI is InChI=1S/C31H33N5O4/c1-2-40-36-19-3-4-29(36)31(39)34-26-13-9-24(10-14-26)32-23-7-11-25(12-8-23)33-30(38)22-5-15-27(16-6-22)35-20-17-28(37)18-21-35/h3-16,19,28,32,37H,2,17-18,20-21H2,1H3,(H,33,38)(H,34,39). The fraction of sp³-hybridized carbons (Fsp3) is 0.226. The smallest absolute Gasteiger partial charge is 0.275 e. The molecule has 1 aliphatic rings. The first-order valence-electron chi connectivity index (χ1n) is 13.4. The number of aromatic nitrogens is 1. The van der Waals surface area contributed by atoms with Gasteiger partial charge in [-0.15, -0.1) is 0 Å². The zero-order valence-electron chi connectivity index (χ0n) is 22.3. The number of amides is 2. The lowest BCUT2D eigenvalue weighted by Crippen LogP contribution is -2.35. The summed E-state index contributed by atoms with van der Waals surface area (Å²) in [6.45, 7) is 3.96. The van der Waals surface area contributed by atoms with Gasteiger partial charge in [0.15, 0.2) is 0 Å². The van der Waals surface area contributed by atoms with Crippen LogP contribution in [0, 0.1) is 0 Å². The number of anilines is 5. The third-order valence-electron chi connectivity index (χ3n) is 6.75. The van der Waals surface area contributed by atoms with Crippen molar-refractivity contribution in [2.45, 2.75) is 25.9 Å². The molecule has 9 nitrogen and oxygen atoms in total. The van der Waals surface area contributed by atoms with Crippen molar-refractivity contribution in [3.63, 3.8) is 0 Å². The van der Waals surface area contributed by atoms with E-state index in [-0.39, 0.29) is 17.9 Å². The van der Waals surface area contributed by atoms with Gasteiger partial charge >= 0.3 is 0 Å². The maximum atomic E-state index is 12.7. The second-order valence-corrected chi connectivity index (χ2v) is 9.59. The van der Waals surface area contributed by atoms with Gasteiger partial charge in [-0.05, 0) is 105 Å². The summed E-state index contributed by atoms with van der Waals surface area (Å²) >= 11 is 0. The van der Waals surface area contributed by atoms with Gasteiger partial charge in [-0.25, -0.2) is 0 Å². The van der Waals surface area contributed by atoms with Crippen LogP contribution >= 0.6 is 0 Å². The molecule has 4 aromatic rings. The Kier molecular flexibility index (Phi) is 8.32. The molecule has 206 valence electrons. The largest absolute Gasteiger partial charge is 0.414 e. The zero-order valence-corrected chi connectivity index (χ0v) is 22.3. The summed E-state index contributed by atoms with van der Waals surface area (Å²) in [7, 11) is 0. The van der Waals surface area contributed by atoms with Gasteiger partial charge < -0.3 is 30.8 Å². The number of hydrogen-bond acceptors (Lipinski definition) is 6. The van der Waals surface area contributed by atoms with Crippen LogP contribution in [0.1, 0.15) is 40.6 Å². The molecule has 1 saturated heterocycles. The molecule has 0 atom stereocenters. The van der Waals surface area contributed by atoms with Gasteiger partial charge in [-0.1, -0.05) is 0 Å². The number of aliphatic hydroxyl groups excluding tert-OH is 1. The Morgan fingerprint density at radius 3 is 1.93 bits per heavy atom. The van der Waals surface area contributed by atoms with E-state index in [4.69, 9.17) is 4.84 Å². The van der Waals surface area contributed by atoms with E-state index in [1.54, 1.807) is 18.3 Å². The highest BCUT2D eigenvalue weighted by molar-refractivity contribution is 6.04. The monoisotopic (exact) mass is 539 g/mol. The average Bonchev–Trinajstić information content (AvgIpc) is 3.44. The molecule has 2 amide bonds. The molecule has 0 unspecified atom stereocenters. The predicted octanol–water partition coefficient (Wildman–Crippen LogP) is 5.15. The molecule has 0 aliphatic carbocycles. The number of rotatable bonds is 9. The van der Waals surface area contributed by atoms with Crippen LogP contribution in [0.5, 0.6) is 0 Å².